The summed E-state index contributed by atoms with van der Waals surface area (Å²) in [5, 5.41) is 9.51. The normalized spacial score (nSPS) is 12.7. The standard InChI is InChI=1S/C13H20FNO3/c1-15(9-11(16)10-17-2)7-8-18-13-6-4-3-5-12(13)14/h3-6,11,16H,7-10H2,1-2H3. The van der Waals surface area contributed by atoms with E-state index in [1.54, 1.807) is 25.3 Å². The molecule has 0 heterocycles. The molecule has 1 aromatic rings. The van der Waals surface area contributed by atoms with Crippen molar-refractivity contribution in [2.45, 2.75) is 6.10 Å². The van der Waals surface area contributed by atoms with Crippen LogP contribution in [0.2, 0.25) is 0 Å². The van der Waals surface area contributed by atoms with E-state index in [1.807, 2.05) is 11.9 Å². The Morgan fingerprint density at radius 2 is 2.11 bits per heavy atom. The Kier molecular flexibility index (Phi) is 6.64. The van der Waals surface area contributed by atoms with E-state index in [4.69, 9.17) is 9.47 Å². The molecule has 0 aliphatic rings. The van der Waals surface area contributed by atoms with Crippen LogP contribution >= 0.6 is 0 Å². The largest absolute Gasteiger partial charge is 0.489 e. The summed E-state index contributed by atoms with van der Waals surface area (Å²) in [6, 6.07) is 6.30. The minimum absolute atomic E-state index is 0.253. The Labute approximate surface area is 107 Å². The maximum Gasteiger partial charge on any atom is 0.165 e. The minimum atomic E-state index is -0.520. The second-order valence-corrected chi connectivity index (χ2v) is 4.15. The lowest BCUT2D eigenvalue weighted by molar-refractivity contribution is 0.0409. The van der Waals surface area contributed by atoms with Crippen LogP contribution in [0.3, 0.4) is 0 Å². The molecule has 5 heteroatoms. The van der Waals surface area contributed by atoms with Crippen molar-refractivity contribution < 1.29 is 19.0 Å². The molecule has 1 aromatic carbocycles. The van der Waals surface area contributed by atoms with Crippen LogP contribution in [-0.4, -0.2) is 56.6 Å². The Morgan fingerprint density at radius 1 is 1.39 bits per heavy atom. The van der Waals surface area contributed by atoms with E-state index in [9.17, 15) is 9.50 Å². The molecule has 1 unspecified atom stereocenters. The van der Waals surface area contributed by atoms with Gasteiger partial charge in [0.25, 0.3) is 0 Å². The van der Waals surface area contributed by atoms with Crippen molar-refractivity contribution in [2.75, 3.05) is 40.5 Å². The van der Waals surface area contributed by atoms with Gasteiger partial charge in [-0.05, 0) is 19.2 Å². The van der Waals surface area contributed by atoms with Crippen LogP contribution in [0.5, 0.6) is 5.75 Å². The zero-order valence-corrected chi connectivity index (χ0v) is 10.8. The number of nitrogens with zero attached hydrogens (tertiary/aromatic N) is 1. The molecule has 18 heavy (non-hydrogen) atoms. The van der Waals surface area contributed by atoms with Crippen molar-refractivity contribution in [3.63, 3.8) is 0 Å². The maximum atomic E-state index is 13.2. The highest BCUT2D eigenvalue weighted by atomic mass is 19.1. The predicted octanol–water partition coefficient (Wildman–Crippen LogP) is 1.14. The van der Waals surface area contributed by atoms with Gasteiger partial charge >= 0.3 is 0 Å². The summed E-state index contributed by atoms with van der Waals surface area (Å²) in [7, 11) is 3.41. The topological polar surface area (TPSA) is 41.9 Å². The summed E-state index contributed by atoms with van der Waals surface area (Å²) in [4.78, 5) is 1.91. The molecule has 0 aliphatic heterocycles. The summed E-state index contributed by atoms with van der Waals surface area (Å²) in [6.45, 7) is 1.78. The van der Waals surface area contributed by atoms with Crippen molar-refractivity contribution in [3.05, 3.63) is 30.1 Å². The highest BCUT2D eigenvalue weighted by Gasteiger charge is 2.08. The lowest BCUT2D eigenvalue weighted by Crippen LogP contribution is -2.34. The zero-order valence-electron chi connectivity index (χ0n) is 10.8. The molecule has 102 valence electrons. The number of aliphatic hydroxyl groups is 1. The van der Waals surface area contributed by atoms with E-state index in [0.29, 0.717) is 26.3 Å². The predicted molar refractivity (Wildman–Crippen MR) is 67.3 cm³/mol. The van der Waals surface area contributed by atoms with Crippen molar-refractivity contribution >= 4 is 0 Å². The summed E-state index contributed by atoms with van der Waals surface area (Å²) >= 11 is 0. The molecule has 0 amide bonds. The zero-order chi connectivity index (χ0) is 13.4. The van der Waals surface area contributed by atoms with Gasteiger partial charge in [0.05, 0.1) is 12.7 Å². The van der Waals surface area contributed by atoms with Crippen LogP contribution in [0, 0.1) is 5.82 Å². The Bertz CT molecular complexity index is 349. The third-order valence-electron chi connectivity index (χ3n) is 2.45. The average Bonchev–Trinajstić information content (AvgIpc) is 2.31. The van der Waals surface area contributed by atoms with Crippen molar-refractivity contribution in [1.82, 2.24) is 4.90 Å². The van der Waals surface area contributed by atoms with Crippen LogP contribution in [0.1, 0.15) is 0 Å². The van der Waals surface area contributed by atoms with Crippen LogP contribution in [0.25, 0.3) is 0 Å². The van der Waals surface area contributed by atoms with Gasteiger partial charge in [-0.15, -0.1) is 0 Å². The van der Waals surface area contributed by atoms with Gasteiger partial charge in [-0.25, -0.2) is 4.39 Å². The van der Waals surface area contributed by atoms with Gasteiger partial charge < -0.3 is 19.5 Å². The smallest absolute Gasteiger partial charge is 0.165 e. The maximum absolute atomic E-state index is 13.2. The van der Waals surface area contributed by atoms with Gasteiger partial charge in [0.1, 0.15) is 6.61 Å². The third-order valence-corrected chi connectivity index (χ3v) is 2.45. The van der Waals surface area contributed by atoms with Crippen LogP contribution in [0.15, 0.2) is 24.3 Å². The van der Waals surface area contributed by atoms with Gasteiger partial charge in [0, 0.05) is 20.2 Å². The summed E-state index contributed by atoms with van der Waals surface area (Å²) in [5.41, 5.74) is 0. The van der Waals surface area contributed by atoms with Gasteiger partial charge in [-0.3, -0.25) is 0 Å². The fourth-order valence-electron chi connectivity index (χ4n) is 1.57. The van der Waals surface area contributed by atoms with E-state index < -0.39 is 6.10 Å². The number of hydrogen-bond donors (Lipinski definition) is 1. The van der Waals surface area contributed by atoms with Gasteiger partial charge in [0.15, 0.2) is 11.6 Å². The van der Waals surface area contributed by atoms with E-state index in [2.05, 4.69) is 0 Å². The minimum Gasteiger partial charge on any atom is -0.489 e. The molecule has 0 spiro atoms. The van der Waals surface area contributed by atoms with Crippen molar-refractivity contribution in [2.24, 2.45) is 0 Å². The van der Waals surface area contributed by atoms with E-state index in [-0.39, 0.29) is 11.6 Å². The molecule has 0 bridgehead atoms. The number of likely N-dealkylation sites (N-methyl/N-ethyl adjacent to an activating group) is 1. The second-order valence-electron chi connectivity index (χ2n) is 4.15. The first-order chi connectivity index (χ1) is 8.63. The SMILES string of the molecule is COCC(O)CN(C)CCOc1ccccc1F. The first-order valence-electron chi connectivity index (χ1n) is 5.86. The Balaban J connectivity index is 2.23. The Morgan fingerprint density at radius 3 is 2.78 bits per heavy atom. The summed E-state index contributed by atoms with van der Waals surface area (Å²) in [5.74, 6) is -0.108. The molecular weight excluding hydrogens is 237 g/mol. The number of hydrogen-bond acceptors (Lipinski definition) is 4. The molecule has 0 radical (unpaired) electrons. The molecule has 0 saturated carbocycles. The number of ether oxygens (including phenoxy) is 2. The van der Waals surface area contributed by atoms with E-state index in [1.165, 1.54) is 6.07 Å². The number of benzene rings is 1. The Hall–Kier alpha value is -1.17. The fourth-order valence-corrected chi connectivity index (χ4v) is 1.57. The van der Waals surface area contributed by atoms with E-state index >= 15 is 0 Å². The second kappa shape index (κ2) is 8.02. The van der Waals surface area contributed by atoms with Crippen LogP contribution in [-0.2, 0) is 4.74 Å². The molecular formula is C13H20FNO3. The third kappa shape index (κ3) is 5.44. The number of halogens is 1. The summed E-state index contributed by atoms with van der Waals surface area (Å²) in [6.07, 6.45) is -0.520. The van der Waals surface area contributed by atoms with Crippen LogP contribution in [0.4, 0.5) is 4.39 Å². The lowest BCUT2D eigenvalue weighted by atomic mass is 10.3. The number of methoxy groups -OCH3 is 1. The quantitative estimate of drug-likeness (QED) is 0.758. The summed E-state index contributed by atoms with van der Waals surface area (Å²) < 4.78 is 23.4. The average molecular weight is 257 g/mol. The molecule has 0 saturated heterocycles. The number of aliphatic hydroxyl groups excluding tert-OH is 1. The molecule has 1 rings (SSSR count). The number of para-hydroxylation sites is 1. The molecule has 0 fully saturated rings. The first kappa shape index (κ1) is 14.9. The first-order valence-corrected chi connectivity index (χ1v) is 5.86. The molecule has 0 aromatic heterocycles. The fraction of sp³-hybridized carbons (Fsp3) is 0.538. The van der Waals surface area contributed by atoms with Crippen molar-refractivity contribution in [1.29, 1.82) is 0 Å². The van der Waals surface area contributed by atoms with Gasteiger partial charge in [-0.1, -0.05) is 12.1 Å². The van der Waals surface area contributed by atoms with Gasteiger partial charge in [0.2, 0.25) is 0 Å². The molecule has 0 aliphatic carbocycles. The molecule has 4 nitrogen and oxygen atoms in total. The highest BCUT2D eigenvalue weighted by Crippen LogP contribution is 2.14. The van der Waals surface area contributed by atoms with E-state index in [0.717, 1.165) is 0 Å². The van der Waals surface area contributed by atoms with Crippen molar-refractivity contribution in [3.8, 4) is 5.75 Å². The number of rotatable bonds is 8. The van der Waals surface area contributed by atoms with Gasteiger partial charge in [-0.2, -0.15) is 0 Å². The highest BCUT2D eigenvalue weighted by molar-refractivity contribution is 5.23. The monoisotopic (exact) mass is 257 g/mol. The lowest BCUT2D eigenvalue weighted by Gasteiger charge is -2.20. The molecule has 1 N–H and O–H groups in total. The van der Waals surface area contributed by atoms with Crippen LogP contribution < -0.4 is 4.74 Å². The molecule has 1 atom stereocenters.